The molecule has 0 fully saturated rings. The molecule has 11 nitrogen and oxygen atoms in total. The van der Waals surface area contributed by atoms with E-state index < -0.39 is 23.0 Å². The first-order valence-corrected chi connectivity index (χ1v) is 12.3. The van der Waals surface area contributed by atoms with Gasteiger partial charge in [0.15, 0.2) is 11.5 Å². The van der Waals surface area contributed by atoms with E-state index in [1.54, 1.807) is 39.0 Å². The molecule has 36 heavy (non-hydrogen) atoms. The van der Waals surface area contributed by atoms with Gasteiger partial charge in [-0.1, -0.05) is 12.1 Å². The standard InChI is InChI=1S/C24H28N4O7S/c1-24(2,3)35-23(30)28(36(31)32)27-9-8-15-10-14(6-7-19(15)27)11-18-16-12-20(33-4)21(34-5)13-17(16)22(29)26-25-18/h6-7,10,12-13H,8-9,11H2,1-5H3,(H,26,29)(H,31,32). The van der Waals surface area contributed by atoms with Crippen molar-refractivity contribution < 1.29 is 27.8 Å². The van der Waals surface area contributed by atoms with Crippen LogP contribution in [0, 0.1) is 0 Å². The van der Waals surface area contributed by atoms with Crippen LogP contribution < -0.4 is 20.0 Å². The second-order valence-electron chi connectivity index (χ2n) is 9.25. The van der Waals surface area contributed by atoms with Gasteiger partial charge < -0.3 is 14.2 Å². The van der Waals surface area contributed by atoms with Gasteiger partial charge >= 0.3 is 6.09 Å². The van der Waals surface area contributed by atoms with Crippen LogP contribution in [0.1, 0.15) is 37.6 Å². The molecule has 1 unspecified atom stereocenters. The number of nitrogens with one attached hydrogen (secondary N) is 1. The molecule has 1 aliphatic rings. The Morgan fingerprint density at radius 2 is 1.83 bits per heavy atom. The Morgan fingerprint density at radius 1 is 1.17 bits per heavy atom. The Labute approximate surface area is 210 Å². The maximum Gasteiger partial charge on any atom is 0.443 e. The number of anilines is 1. The van der Waals surface area contributed by atoms with Crippen LogP contribution in [0.3, 0.4) is 0 Å². The molecule has 2 heterocycles. The van der Waals surface area contributed by atoms with Gasteiger partial charge in [-0.25, -0.2) is 14.1 Å². The average Bonchev–Trinajstić information content (AvgIpc) is 3.21. The van der Waals surface area contributed by atoms with Gasteiger partial charge in [-0.15, -0.1) is 4.41 Å². The summed E-state index contributed by atoms with van der Waals surface area (Å²) in [7, 11) is 3.03. The van der Waals surface area contributed by atoms with E-state index in [1.807, 2.05) is 12.1 Å². The number of aromatic amines is 1. The van der Waals surface area contributed by atoms with Gasteiger partial charge in [-0.3, -0.25) is 14.4 Å². The minimum absolute atomic E-state index is 0.334. The van der Waals surface area contributed by atoms with E-state index in [0.717, 1.165) is 11.1 Å². The number of hydrogen-bond donors (Lipinski definition) is 2. The number of benzene rings is 2. The summed E-state index contributed by atoms with van der Waals surface area (Å²) in [5.74, 6) is 0.934. The summed E-state index contributed by atoms with van der Waals surface area (Å²) in [6.07, 6.45) is 0.0657. The first-order chi connectivity index (χ1) is 17.0. The predicted molar refractivity (Wildman–Crippen MR) is 135 cm³/mol. The minimum atomic E-state index is -2.61. The van der Waals surface area contributed by atoms with Crippen LogP contribution in [-0.4, -0.2) is 55.8 Å². The Kier molecular flexibility index (Phi) is 6.92. The number of carbonyl (C=O) groups is 1. The largest absolute Gasteiger partial charge is 0.493 e. The second kappa shape index (κ2) is 9.78. The van der Waals surface area contributed by atoms with Crippen LogP contribution in [0.4, 0.5) is 10.5 Å². The topological polar surface area (TPSA) is 134 Å². The maximum absolute atomic E-state index is 12.6. The van der Waals surface area contributed by atoms with Crippen LogP contribution in [0.15, 0.2) is 35.1 Å². The van der Waals surface area contributed by atoms with Gasteiger partial charge in [-0.05, 0) is 56.5 Å². The molecule has 3 aromatic rings. The van der Waals surface area contributed by atoms with E-state index in [0.29, 0.717) is 57.5 Å². The number of methoxy groups -OCH3 is 2. The van der Waals surface area contributed by atoms with E-state index >= 15 is 0 Å². The van der Waals surface area contributed by atoms with E-state index in [-0.39, 0.29) is 5.56 Å². The minimum Gasteiger partial charge on any atom is -0.493 e. The molecule has 0 saturated heterocycles. The first-order valence-electron chi connectivity index (χ1n) is 11.2. The van der Waals surface area contributed by atoms with Crippen LogP contribution in [-0.2, 0) is 28.8 Å². The van der Waals surface area contributed by atoms with Crippen molar-refractivity contribution in [1.82, 2.24) is 14.6 Å². The molecule has 4 rings (SSSR count). The normalized spacial score (nSPS) is 13.9. The summed E-state index contributed by atoms with van der Waals surface area (Å²) in [5.41, 5.74) is 1.95. The number of nitrogens with zero attached hydrogens (tertiary/aromatic N) is 3. The van der Waals surface area contributed by atoms with E-state index in [1.165, 1.54) is 19.2 Å². The summed E-state index contributed by atoms with van der Waals surface area (Å²) >= 11 is -2.61. The van der Waals surface area contributed by atoms with E-state index in [2.05, 4.69) is 10.2 Å². The molecular formula is C24H28N4O7S. The fourth-order valence-corrected chi connectivity index (χ4v) is 4.66. The summed E-state index contributed by atoms with van der Waals surface area (Å²) in [4.78, 5) is 25.0. The molecule has 0 radical (unpaired) electrons. The lowest BCUT2D eigenvalue weighted by Crippen LogP contribution is -2.48. The monoisotopic (exact) mass is 516 g/mol. The molecule has 0 bridgehead atoms. The van der Waals surface area contributed by atoms with E-state index in [9.17, 15) is 18.4 Å². The van der Waals surface area contributed by atoms with E-state index in [4.69, 9.17) is 14.2 Å². The van der Waals surface area contributed by atoms with Gasteiger partial charge in [-0.2, -0.15) is 5.10 Å². The summed E-state index contributed by atoms with van der Waals surface area (Å²) in [5, 5.41) is 9.33. The Bertz CT molecular complexity index is 1400. The van der Waals surface area contributed by atoms with Gasteiger partial charge in [0.2, 0.25) is 0 Å². The smallest absolute Gasteiger partial charge is 0.443 e. The van der Waals surface area contributed by atoms with Crippen LogP contribution >= 0.6 is 0 Å². The molecule has 1 atom stereocenters. The highest BCUT2D eigenvalue weighted by Gasteiger charge is 2.35. The molecule has 192 valence electrons. The quantitative estimate of drug-likeness (QED) is 0.474. The third-order valence-electron chi connectivity index (χ3n) is 5.68. The van der Waals surface area contributed by atoms with Crippen LogP contribution in [0.25, 0.3) is 10.8 Å². The zero-order valence-electron chi connectivity index (χ0n) is 20.7. The second-order valence-corrected chi connectivity index (χ2v) is 10.1. The van der Waals surface area contributed by atoms with Crippen molar-refractivity contribution >= 4 is 33.8 Å². The van der Waals surface area contributed by atoms with Crippen molar-refractivity contribution in [3.8, 4) is 11.5 Å². The predicted octanol–water partition coefficient (Wildman–Crippen LogP) is 3.18. The molecule has 2 aromatic carbocycles. The number of carbonyl (C=O) groups excluding carboxylic acids is 1. The molecule has 2 N–H and O–H groups in total. The highest BCUT2D eigenvalue weighted by molar-refractivity contribution is 7.77. The first kappa shape index (κ1) is 25.5. The summed E-state index contributed by atoms with van der Waals surface area (Å²) in [6, 6.07) is 8.96. The van der Waals surface area contributed by atoms with Gasteiger partial charge in [0, 0.05) is 18.4 Å². The number of aromatic nitrogens is 2. The number of ether oxygens (including phenoxy) is 3. The zero-order valence-corrected chi connectivity index (χ0v) is 21.5. The molecular weight excluding hydrogens is 488 g/mol. The zero-order chi connectivity index (χ0) is 26.2. The lowest BCUT2D eigenvalue weighted by Gasteiger charge is -2.31. The molecule has 1 aromatic heterocycles. The van der Waals surface area contributed by atoms with Crippen molar-refractivity contribution in [1.29, 1.82) is 0 Å². The molecule has 0 spiro atoms. The maximum atomic E-state index is 12.6. The highest BCUT2D eigenvalue weighted by atomic mass is 32.2. The third-order valence-corrected chi connectivity index (χ3v) is 6.32. The Morgan fingerprint density at radius 3 is 2.44 bits per heavy atom. The number of fused-ring (bicyclic) bond motifs is 2. The van der Waals surface area contributed by atoms with Crippen molar-refractivity contribution in [2.24, 2.45) is 0 Å². The summed E-state index contributed by atoms with van der Waals surface area (Å²) in [6.45, 7) is 5.40. The van der Waals surface area contributed by atoms with Gasteiger partial charge in [0.25, 0.3) is 16.8 Å². The van der Waals surface area contributed by atoms with Gasteiger partial charge in [0.05, 0.1) is 31.0 Å². The SMILES string of the molecule is COc1cc2c(Cc3ccc4c(c3)CCN4N(C(=O)OC(C)(C)C)S(=O)O)n[nH]c(=O)c2cc1OC. The number of hydrazine groups is 1. The fourth-order valence-electron chi connectivity index (χ4n) is 4.16. The van der Waals surface area contributed by atoms with Crippen LogP contribution in [0.2, 0.25) is 0 Å². The number of H-pyrrole nitrogens is 1. The summed E-state index contributed by atoms with van der Waals surface area (Å²) < 4.78 is 38.6. The number of amides is 1. The van der Waals surface area contributed by atoms with Gasteiger partial charge in [0.1, 0.15) is 5.60 Å². The molecule has 0 saturated carbocycles. The number of rotatable bonds is 6. The number of hydrogen-bond acceptors (Lipinski definition) is 8. The van der Waals surface area contributed by atoms with Crippen molar-refractivity contribution in [2.75, 3.05) is 25.8 Å². The molecule has 0 aliphatic carbocycles. The third kappa shape index (κ3) is 5.00. The Hall–Kier alpha value is -3.64. The molecule has 1 amide bonds. The van der Waals surface area contributed by atoms with Crippen LogP contribution in [0.5, 0.6) is 11.5 Å². The van der Waals surface area contributed by atoms with Crippen molar-refractivity contribution in [3.63, 3.8) is 0 Å². The molecule has 12 heteroatoms. The average molecular weight is 517 g/mol. The Balaban J connectivity index is 1.66. The lowest BCUT2D eigenvalue weighted by atomic mass is 10.0. The van der Waals surface area contributed by atoms with Crippen molar-refractivity contribution in [3.05, 3.63) is 57.5 Å². The van der Waals surface area contributed by atoms with Crippen molar-refractivity contribution in [2.45, 2.75) is 39.2 Å². The fraction of sp³-hybridized carbons (Fsp3) is 0.375. The molecule has 1 aliphatic heterocycles. The highest BCUT2D eigenvalue weighted by Crippen LogP contribution is 2.34. The lowest BCUT2D eigenvalue weighted by molar-refractivity contribution is 0.0376.